The van der Waals surface area contributed by atoms with Gasteiger partial charge in [-0.2, -0.15) is 0 Å². The highest BCUT2D eigenvalue weighted by Gasteiger charge is 2.23. The van der Waals surface area contributed by atoms with Gasteiger partial charge in [0.25, 0.3) is 0 Å². The Bertz CT molecular complexity index is 1130. The molecule has 0 aliphatic carbocycles. The van der Waals surface area contributed by atoms with Crippen LogP contribution in [0.5, 0.6) is 5.75 Å². The normalized spacial score (nSPS) is 14.3. The van der Waals surface area contributed by atoms with Crippen LogP contribution in [0.2, 0.25) is 0 Å². The fraction of sp³-hybridized carbons (Fsp3) is 0.379. The van der Waals surface area contributed by atoms with Crippen LogP contribution in [-0.2, 0) is 17.9 Å². The Hall–Kier alpha value is -3.38. The fourth-order valence-electron chi connectivity index (χ4n) is 4.51. The van der Waals surface area contributed by atoms with E-state index in [9.17, 15) is 4.79 Å². The first-order valence-corrected chi connectivity index (χ1v) is 12.3. The predicted octanol–water partition coefficient (Wildman–Crippen LogP) is 5.16. The van der Waals surface area contributed by atoms with Crippen molar-refractivity contribution in [1.29, 1.82) is 0 Å². The van der Waals surface area contributed by atoms with E-state index in [0.717, 1.165) is 38.5 Å². The number of benzene rings is 2. The van der Waals surface area contributed by atoms with Crippen molar-refractivity contribution >= 4 is 11.8 Å². The van der Waals surface area contributed by atoms with E-state index in [4.69, 9.17) is 9.47 Å². The van der Waals surface area contributed by atoms with Gasteiger partial charge in [0.15, 0.2) is 0 Å². The minimum Gasteiger partial charge on any atom is -0.489 e. The molecule has 1 fully saturated rings. The molecule has 0 saturated carbocycles. The number of aromatic nitrogens is 1. The molecule has 0 bridgehead atoms. The van der Waals surface area contributed by atoms with E-state index >= 15 is 0 Å². The molecule has 0 unspecified atom stereocenters. The molecule has 3 aromatic rings. The van der Waals surface area contributed by atoms with Crippen molar-refractivity contribution < 1.29 is 14.3 Å². The van der Waals surface area contributed by atoms with Crippen molar-refractivity contribution in [2.75, 3.05) is 31.1 Å². The van der Waals surface area contributed by atoms with Crippen LogP contribution in [0.25, 0.3) is 0 Å². The Balaban J connectivity index is 1.33. The van der Waals surface area contributed by atoms with Crippen LogP contribution < -0.4 is 9.64 Å². The number of ether oxygens (including phenoxy) is 2. The first-order chi connectivity index (χ1) is 16.9. The molecule has 6 heteroatoms. The number of hydrogen-bond donors (Lipinski definition) is 0. The summed E-state index contributed by atoms with van der Waals surface area (Å²) >= 11 is 0. The number of nitrogens with zero attached hydrogens (tertiary/aromatic N) is 3. The summed E-state index contributed by atoms with van der Waals surface area (Å²) in [6, 6.07) is 18.5. The largest absolute Gasteiger partial charge is 0.489 e. The Morgan fingerprint density at radius 3 is 2.40 bits per heavy atom. The Morgan fingerprint density at radius 2 is 1.69 bits per heavy atom. The van der Waals surface area contributed by atoms with Crippen molar-refractivity contribution in [2.45, 2.75) is 47.0 Å². The van der Waals surface area contributed by atoms with Crippen molar-refractivity contribution in [1.82, 2.24) is 9.88 Å². The van der Waals surface area contributed by atoms with Crippen LogP contribution in [0.4, 0.5) is 5.82 Å². The first kappa shape index (κ1) is 24.7. The van der Waals surface area contributed by atoms with Crippen molar-refractivity contribution in [3.8, 4) is 5.75 Å². The lowest BCUT2D eigenvalue weighted by atomic mass is 10.1. The number of hydrogen-bond acceptors (Lipinski definition) is 6. The number of rotatable bonds is 8. The van der Waals surface area contributed by atoms with E-state index in [0.29, 0.717) is 18.0 Å². The molecule has 1 aromatic heterocycles. The molecule has 4 rings (SSSR count). The van der Waals surface area contributed by atoms with Gasteiger partial charge in [-0.25, -0.2) is 9.78 Å². The fourth-order valence-corrected chi connectivity index (χ4v) is 4.51. The predicted molar refractivity (Wildman–Crippen MR) is 139 cm³/mol. The van der Waals surface area contributed by atoms with Gasteiger partial charge in [0.2, 0.25) is 0 Å². The van der Waals surface area contributed by atoms with E-state index in [1.165, 1.54) is 22.3 Å². The summed E-state index contributed by atoms with van der Waals surface area (Å²) in [7, 11) is 0. The molecule has 0 atom stereocenters. The summed E-state index contributed by atoms with van der Waals surface area (Å²) in [4.78, 5) is 21.6. The third-order valence-corrected chi connectivity index (χ3v) is 6.01. The first-order valence-electron chi connectivity index (χ1n) is 12.3. The number of pyridine rings is 1. The number of anilines is 1. The molecule has 35 heavy (non-hydrogen) atoms. The minimum absolute atomic E-state index is 0.159. The molecular weight excluding hydrogens is 438 g/mol. The number of aryl methyl sites for hydroxylation is 2. The minimum atomic E-state index is -0.317. The topological polar surface area (TPSA) is 54.9 Å². The van der Waals surface area contributed by atoms with E-state index in [2.05, 4.69) is 65.0 Å². The number of esters is 1. The summed E-state index contributed by atoms with van der Waals surface area (Å²) in [5.74, 6) is 1.28. The quantitative estimate of drug-likeness (QED) is 0.421. The molecular formula is C29H35N3O3. The van der Waals surface area contributed by atoms with Gasteiger partial charge in [-0.15, -0.1) is 0 Å². The molecule has 0 amide bonds. The second-order valence-corrected chi connectivity index (χ2v) is 9.52. The number of carbonyl (C=O) groups excluding carboxylic acids is 1. The molecule has 1 aliphatic heterocycles. The lowest BCUT2D eigenvalue weighted by Gasteiger charge is -2.36. The van der Waals surface area contributed by atoms with Gasteiger partial charge in [0.1, 0.15) is 23.7 Å². The highest BCUT2D eigenvalue weighted by atomic mass is 16.5. The molecule has 2 heterocycles. The van der Waals surface area contributed by atoms with Gasteiger partial charge < -0.3 is 14.4 Å². The second kappa shape index (κ2) is 11.4. The van der Waals surface area contributed by atoms with Crippen LogP contribution in [0.1, 0.15) is 46.5 Å². The Morgan fingerprint density at radius 1 is 0.943 bits per heavy atom. The molecule has 0 spiro atoms. The van der Waals surface area contributed by atoms with E-state index in [-0.39, 0.29) is 12.1 Å². The zero-order valence-corrected chi connectivity index (χ0v) is 21.2. The van der Waals surface area contributed by atoms with Crippen molar-refractivity contribution in [3.63, 3.8) is 0 Å². The summed E-state index contributed by atoms with van der Waals surface area (Å²) in [6.45, 7) is 12.8. The van der Waals surface area contributed by atoms with Crippen molar-refractivity contribution in [2.24, 2.45) is 0 Å². The summed E-state index contributed by atoms with van der Waals surface area (Å²) < 4.78 is 11.5. The van der Waals surface area contributed by atoms with Gasteiger partial charge in [-0.1, -0.05) is 41.5 Å². The zero-order valence-electron chi connectivity index (χ0n) is 21.2. The molecule has 184 valence electrons. The van der Waals surface area contributed by atoms with Crippen LogP contribution in [-0.4, -0.2) is 48.1 Å². The standard InChI is InChI=1S/C29H35N3O3/c1-21(2)35-29(33)27-9-6-10-30-28(27)32-13-11-31(12-14-32)19-24-7-5-8-26(18-24)34-20-25-16-22(3)15-23(4)17-25/h5-10,15-18,21H,11-14,19-20H2,1-4H3. The second-order valence-electron chi connectivity index (χ2n) is 9.52. The lowest BCUT2D eigenvalue weighted by Crippen LogP contribution is -2.46. The zero-order chi connectivity index (χ0) is 24.8. The highest BCUT2D eigenvalue weighted by molar-refractivity contribution is 5.94. The van der Waals surface area contributed by atoms with Gasteiger partial charge in [0, 0.05) is 38.9 Å². The molecule has 1 saturated heterocycles. The van der Waals surface area contributed by atoms with Crippen LogP contribution in [0.3, 0.4) is 0 Å². The average molecular weight is 474 g/mol. The summed E-state index contributed by atoms with van der Waals surface area (Å²) in [5.41, 5.74) is 5.46. The Kier molecular flexibility index (Phi) is 8.03. The maximum atomic E-state index is 12.5. The third-order valence-electron chi connectivity index (χ3n) is 6.01. The summed E-state index contributed by atoms with van der Waals surface area (Å²) in [6.07, 6.45) is 1.57. The smallest absolute Gasteiger partial charge is 0.342 e. The monoisotopic (exact) mass is 473 g/mol. The van der Waals surface area contributed by atoms with Crippen LogP contribution in [0.15, 0.2) is 60.8 Å². The molecule has 2 aromatic carbocycles. The Labute approximate surface area is 208 Å². The van der Waals surface area contributed by atoms with Crippen LogP contribution in [0, 0.1) is 13.8 Å². The third kappa shape index (κ3) is 6.83. The van der Waals surface area contributed by atoms with Gasteiger partial charge in [0.05, 0.1) is 6.10 Å². The molecule has 0 N–H and O–H groups in total. The molecule has 0 radical (unpaired) electrons. The highest BCUT2D eigenvalue weighted by Crippen LogP contribution is 2.22. The average Bonchev–Trinajstić information content (AvgIpc) is 2.82. The number of piperazine rings is 1. The SMILES string of the molecule is Cc1cc(C)cc(COc2cccc(CN3CCN(c4ncccc4C(=O)OC(C)C)CC3)c2)c1. The van der Waals surface area contributed by atoms with Gasteiger partial charge in [-0.05, 0) is 63.1 Å². The molecule has 6 nitrogen and oxygen atoms in total. The van der Waals surface area contributed by atoms with E-state index in [1.54, 1.807) is 18.3 Å². The van der Waals surface area contributed by atoms with E-state index in [1.807, 2.05) is 19.9 Å². The molecule has 1 aliphatic rings. The van der Waals surface area contributed by atoms with Gasteiger partial charge >= 0.3 is 5.97 Å². The van der Waals surface area contributed by atoms with Gasteiger partial charge in [-0.3, -0.25) is 4.90 Å². The van der Waals surface area contributed by atoms with Crippen LogP contribution >= 0.6 is 0 Å². The summed E-state index contributed by atoms with van der Waals surface area (Å²) in [5, 5.41) is 0. The maximum absolute atomic E-state index is 12.5. The number of carbonyl (C=O) groups is 1. The lowest BCUT2D eigenvalue weighted by molar-refractivity contribution is 0.0378. The van der Waals surface area contributed by atoms with E-state index < -0.39 is 0 Å². The maximum Gasteiger partial charge on any atom is 0.342 e. The van der Waals surface area contributed by atoms with Crippen molar-refractivity contribution in [3.05, 3.63) is 88.6 Å².